The summed E-state index contributed by atoms with van der Waals surface area (Å²) >= 11 is 0. The average Bonchev–Trinajstić information content (AvgIpc) is 3.27. The molecule has 8 nitrogen and oxygen atoms in total. The van der Waals surface area contributed by atoms with E-state index in [1.165, 1.54) is 6.07 Å². The van der Waals surface area contributed by atoms with E-state index in [9.17, 15) is 4.39 Å². The van der Waals surface area contributed by atoms with Crippen molar-refractivity contribution in [2.75, 3.05) is 24.5 Å². The quantitative estimate of drug-likeness (QED) is 0.399. The Kier molecular flexibility index (Phi) is 5.00. The lowest BCUT2D eigenvalue weighted by atomic mass is 9.91. The van der Waals surface area contributed by atoms with Crippen molar-refractivity contribution in [3.05, 3.63) is 90.8 Å². The van der Waals surface area contributed by atoms with Gasteiger partial charge in [0.2, 0.25) is 0 Å². The Morgan fingerprint density at radius 1 is 0.973 bits per heavy atom. The zero-order chi connectivity index (χ0) is 25.0. The van der Waals surface area contributed by atoms with Gasteiger partial charge >= 0.3 is 0 Å². The Morgan fingerprint density at radius 2 is 1.89 bits per heavy atom. The second kappa shape index (κ2) is 8.41. The number of fused-ring (bicyclic) bond motifs is 2. The summed E-state index contributed by atoms with van der Waals surface area (Å²) in [5, 5.41) is 4.25. The lowest BCUT2D eigenvalue weighted by Gasteiger charge is -2.27. The highest BCUT2D eigenvalue weighted by Gasteiger charge is 2.66. The summed E-state index contributed by atoms with van der Waals surface area (Å²) < 4.78 is 16.4. The van der Waals surface area contributed by atoms with E-state index in [-0.39, 0.29) is 11.2 Å². The SMILES string of the molecule is NC[C@]1(c2ccccc2F)[C@@H]2CCN(c3cnc4nc(-c5ccnc(-n6cccn6)c5)ccc4n3)C[C@@H]21. The van der Waals surface area contributed by atoms with Crippen LogP contribution in [0.5, 0.6) is 0 Å². The van der Waals surface area contributed by atoms with Crippen LogP contribution in [0, 0.1) is 17.7 Å². The van der Waals surface area contributed by atoms with Crippen molar-refractivity contribution in [1.29, 1.82) is 0 Å². The number of benzene rings is 1. The van der Waals surface area contributed by atoms with Crippen LogP contribution in [-0.2, 0) is 5.41 Å². The van der Waals surface area contributed by atoms with Gasteiger partial charge in [-0.05, 0) is 60.2 Å². The molecule has 184 valence electrons. The van der Waals surface area contributed by atoms with Gasteiger partial charge in [0.15, 0.2) is 11.5 Å². The minimum atomic E-state index is -0.291. The molecular weight excluding hydrogens is 467 g/mol. The number of pyridine rings is 2. The first-order valence-corrected chi connectivity index (χ1v) is 12.5. The second-order valence-electron chi connectivity index (χ2n) is 9.79. The van der Waals surface area contributed by atoms with Gasteiger partial charge in [-0.1, -0.05) is 18.2 Å². The minimum absolute atomic E-state index is 0.160. The second-order valence-corrected chi connectivity index (χ2v) is 9.79. The molecule has 0 unspecified atom stereocenters. The molecule has 37 heavy (non-hydrogen) atoms. The van der Waals surface area contributed by atoms with Gasteiger partial charge in [-0.2, -0.15) is 5.10 Å². The summed E-state index contributed by atoms with van der Waals surface area (Å²) in [6.45, 7) is 2.08. The van der Waals surface area contributed by atoms with Gasteiger partial charge in [0.1, 0.15) is 17.2 Å². The molecule has 4 aromatic heterocycles. The number of anilines is 1. The molecule has 1 saturated heterocycles. The van der Waals surface area contributed by atoms with Gasteiger partial charge in [0.25, 0.3) is 0 Å². The van der Waals surface area contributed by atoms with Crippen LogP contribution in [0.4, 0.5) is 10.2 Å². The summed E-state index contributed by atoms with van der Waals surface area (Å²) in [7, 11) is 0. The normalized spacial score (nSPS) is 22.7. The zero-order valence-corrected chi connectivity index (χ0v) is 20.1. The predicted octanol–water partition coefficient (Wildman–Crippen LogP) is 3.76. The maximum absolute atomic E-state index is 14.7. The number of nitrogens with two attached hydrogens (primary N) is 1. The summed E-state index contributed by atoms with van der Waals surface area (Å²) in [6, 6.07) is 16.7. The van der Waals surface area contributed by atoms with Crippen molar-refractivity contribution in [3.63, 3.8) is 0 Å². The first kappa shape index (κ1) is 22.0. The van der Waals surface area contributed by atoms with E-state index in [1.807, 2.05) is 48.7 Å². The van der Waals surface area contributed by atoms with Gasteiger partial charge in [-0.3, -0.25) is 0 Å². The largest absolute Gasteiger partial charge is 0.355 e. The van der Waals surface area contributed by atoms with E-state index in [4.69, 9.17) is 15.7 Å². The molecule has 1 aliphatic carbocycles. The molecule has 5 heterocycles. The molecule has 0 bridgehead atoms. The number of nitrogens with zero attached hydrogens (tertiary/aromatic N) is 7. The lowest BCUT2D eigenvalue weighted by molar-refractivity contribution is 0.533. The van der Waals surface area contributed by atoms with E-state index in [0.29, 0.717) is 24.0 Å². The van der Waals surface area contributed by atoms with Crippen LogP contribution in [-0.4, -0.2) is 49.4 Å². The zero-order valence-electron chi connectivity index (χ0n) is 20.1. The Morgan fingerprint density at radius 3 is 2.73 bits per heavy atom. The monoisotopic (exact) mass is 492 g/mol. The number of hydrogen-bond acceptors (Lipinski definition) is 7. The van der Waals surface area contributed by atoms with Gasteiger partial charge in [0.05, 0.1) is 11.9 Å². The first-order valence-electron chi connectivity index (χ1n) is 12.5. The van der Waals surface area contributed by atoms with Crippen LogP contribution in [0.2, 0.25) is 0 Å². The Balaban J connectivity index is 1.15. The van der Waals surface area contributed by atoms with Gasteiger partial charge in [-0.15, -0.1) is 0 Å². The summed E-state index contributed by atoms with van der Waals surface area (Å²) in [6.07, 6.45) is 8.06. The molecule has 2 fully saturated rings. The van der Waals surface area contributed by atoms with Crippen LogP contribution < -0.4 is 10.6 Å². The number of aromatic nitrogens is 6. The standard InChI is InChI=1S/C28H25FN8/c29-22-5-2-1-4-20(22)28(17-30)19-9-13-36(16-21(19)28)26-15-32-27-24(34-26)7-6-23(35-27)18-8-11-31-25(14-18)37-12-3-10-33-37/h1-8,10-12,14-15,19,21H,9,13,16-17,30H2/t19-,21+,28-/m1/s1. The molecule has 2 N–H and O–H groups in total. The highest BCUT2D eigenvalue weighted by molar-refractivity contribution is 5.76. The number of piperidine rings is 1. The molecule has 0 amide bonds. The highest BCUT2D eigenvalue weighted by atomic mass is 19.1. The molecule has 9 heteroatoms. The fourth-order valence-corrected chi connectivity index (χ4v) is 6.15. The number of rotatable bonds is 5. The number of halogens is 1. The topological polar surface area (TPSA) is 98.6 Å². The van der Waals surface area contributed by atoms with Gasteiger partial charge in [-0.25, -0.2) is 29.0 Å². The maximum atomic E-state index is 14.7. The van der Waals surface area contributed by atoms with Crippen molar-refractivity contribution in [2.45, 2.75) is 11.8 Å². The molecule has 7 rings (SSSR count). The van der Waals surface area contributed by atoms with E-state index >= 15 is 0 Å². The highest BCUT2D eigenvalue weighted by Crippen LogP contribution is 2.63. The van der Waals surface area contributed by atoms with Crippen LogP contribution in [0.25, 0.3) is 28.2 Å². The van der Waals surface area contributed by atoms with Gasteiger partial charge < -0.3 is 10.6 Å². The van der Waals surface area contributed by atoms with E-state index in [0.717, 1.165) is 53.5 Å². The first-order chi connectivity index (χ1) is 18.2. The van der Waals surface area contributed by atoms with Crippen molar-refractivity contribution >= 4 is 17.0 Å². The van der Waals surface area contributed by atoms with E-state index in [2.05, 4.69) is 20.0 Å². The summed E-state index contributed by atoms with van der Waals surface area (Å²) in [5.41, 5.74) is 9.76. The molecule has 0 spiro atoms. The van der Waals surface area contributed by atoms with Crippen LogP contribution in [0.1, 0.15) is 12.0 Å². The average molecular weight is 493 g/mol. The molecule has 1 aromatic carbocycles. The predicted molar refractivity (Wildman–Crippen MR) is 139 cm³/mol. The number of hydrogen-bond donors (Lipinski definition) is 1. The fourth-order valence-electron chi connectivity index (χ4n) is 6.15. The Bertz CT molecular complexity index is 1600. The molecule has 1 aliphatic heterocycles. The van der Waals surface area contributed by atoms with Crippen LogP contribution in [0.15, 0.2) is 79.4 Å². The molecule has 5 aromatic rings. The van der Waals surface area contributed by atoms with Crippen molar-refractivity contribution in [1.82, 2.24) is 29.7 Å². The summed E-state index contributed by atoms with van der Waals surface area (Å²) in [4.78, 5) is 20.9. The van der Waals surface area contributed by atoms with E-state index < -0.39 is 0 Å². The maximum Gasteiger partial charge on any atom is 0.178 e. The Labute approximate surface area is 213 Å². The molecule has 0 radical (unpaired) electrons. The van der Waals surface area contributed by atoms with Crippen LogP contribution in [0.3, 0.4) is 0 Å². The fraction of sp³-hybridized carbons (Fsp3) is 0.250. The lowest BCUT2D eigenvalue weighted by Crippen LogP contribution is -2.32. The third-order valence-corrected chi connectivity index (χ3v) is 8.04. The van der Waals surface area contributed by atoms with Crippen LogP contribution >= 0.6 is 0 Å². The molecule has 2 aliphatic rings. The van der Waals surface area contributed by atoms with Crippen molar-refractivity contribution in [2.24, 2.45) is 17.6 Å². The Hall–Kier alpha value is -4.24. The van der Waals surface area contributed by atoms with Gasteiger partial charge in [0, 0.05) is 49.2 Å². The third-order valence-electron chi connectivity index (χ3n) is 8.04. The minimum Gasteiger partial charge on any atom is -0.355 e. The van der Waals surface area contributed by atoms with E-state index in [1.54, 1.807) is 29.3 Å². The smallest absolute Gasteiger partial charge is 0.178 e. The molecule has 1 saturated carbocycles. The van der Waals surface area contributed by atoms with Crippen molar-refractivity contribution in [3.8, 4) is 17.1 Å². The molecule has 3 atom stereocenters. The third kappa shape index (κ3) is 3.49. The summed E-state index contributed by atoms with van der Waals surface area (Å²) in [5.74, 6) is 2.08. The van der Waals surface area contributed by atoms with Crippen molar-refractivity contribution < 1.29 is 4.39 Å². The molecular formula is C28H25FN8.